The molecule has 3 aliphatic heterocycles. The molecule has 5 rings (SSSR count). The van der Waals surface area contributed by atoms with Gasteiger partial charge in [0.1, 0.15) is 0 Å². The van der Waals surface area contributed by atoms with Crippen molar-refractivity contribution in [1.82, 2.24) is 9.88 Å². The Kier molecular flexibility index (Phi) is 4.92. The van der Waals surface area contributed by atoms with Crippen molar-refractivity contribution in [3.8, 4) is 0 Å². The monoisotopic (exact) mass is 381 g/mol. The van der Waals surface area contributed by atoms with Gasteiger partial charge in [0, 0.05) is 30.7 Å². The van der Waals surface area contributed by atoms with E-state index in [4.69, 9.17) is 0 Å². The fourth-order valence-corrected chi connectivity index (χ4v) is 4.78. The van der Waals surface area contributed by atoms with Crippen LogP contribution in [-0.2, 0) is 6.42 Å². The van der Waals surface area contributed by atoms with Crippen molar-refractivity contribution in [1.29, 1.82) is 0 Å². The maximum absolute atomic E-state index is 13.4. The van der Waals surface area contributed by atoms with Gasteiger partial charge < -0.3 is 4.90 Å². The first kappa shape index (κ1) is 18.1. The Labute approximate surface area is 166 Å². The number of carbonyl (C=O) groups is 1. The largest absolute Gasteiger partial charge is 0.325 e. The molecule has 5 heteroatoms. The molecule has 27 heavy (non-hydrogen) atoms. The van der Waals surface area contributed by atoms with Gasteiger partial charge in [0.05, 0.1) is 6.04 Å². The molecule has 4 heterocycles. The highest BCUT2D eigenvalue weighted by Gasteiger charge is 2.42. The average Bonchev–Trinajstić information content (AvgIpc) is 2.97. The van der Waals surface area contributed by atoms with E-state index >= 15 is 0 Å². The van der Waals surface area contributed by atoms with E-state index in [1.807, 2.05) is 23.4 Å². The molecule has 1 aromatic carbocycles. The van der Waals surface area contributed by atoms with Crippen molar-refractivity contribution in [2.75, 3.05) is 11.4 Å². The second kappa shape index (κ2) is 7.35. The highest BCUT2D eigenvalue weighted by Crippen LogP contribution is 2.40. The highest BCUT2D eigenvalue weighted by atomic mass is 35.5. The van der Waals surface area contributed by atoms with E-state index < -0.39 is 0 Å². The number of fused-ring (bicyclic) bond motifs is 3. The van der Waals surface area contributed by atoms with Crippen molar-refractivity contribution < 1.29 is 4.79 Å². The fraction of sp³-hybridized carbons (Fsp3) is 0.364. The molecule has 2 amide bonds. The van der Waals surface area contributed by atoms with E-state index in [1.165, 1.54) is 16.7 Å². The lowest BCUT2D eigenvalue weighted by Gasteiger charge is -2.39. The smallest absolute Gasteiger partial charge is 0.315 e. The zero-order chi connectivity index (χ0) is 17.5. The SMILES string of the molecule is Cl.O=C(N1CCCc2ccccc21)N1C2C=C(c3ccncc3)CC1CC2. The molecule has 2 bridgehead atoms. The number of amides is 2. The second-order valence-electron chi connectivity index (χ2n) is 7.50. The van der Waals surface area contributed by atoms with Crippen molar-refractivity contribution in [3.05, 3.63) is 66.0 Å². The number of benzene rings is 1. The van der Waals surface area contributed by atoms with Crippen molar-refractivity contribution in [3.63, 3.8) is 0 Å². The third-order valence-corrected chi connectivity index (χ3v) is 6.01. The first-order valence-electron chi connectivity index (χ1n) is 9.60. The molecular weight excluding hydrogens is 358 g/mol. The van der Waals surface area contributed by atoms with Gasteiger partial charge in [0.15, 0.2) is 0 Å². The number of rotatable bonds is 1. The summed E-state index contributed by atoms with van der Waals surface area (Å²) >= 11 is 0. The van der Waals surface area contributed by atoms with E-state index in [9.17, 15) is 4.79 Å². The van der Waals surface area contributed by atoms with Crippen LogP contribution in [0.1, 0.15) is 36.8 Å². The lowest BCUT2D eigenvalue weighted by Crippen LogP contribution is -2.51. The van der Waals surface area contributed by atoms with E-state index in [2.05, 4.69) is 46.3 Å². The van der Waals surface area contributed by atoms with Crippen molar-refractivity contribution >= 4 is 29.7 Å². The summed E-state index contributed by atoms with van der Waals surface area (Å²) in [4.78, 5) is 21.7. The standard InChI is InChI=1S/C22H23N3O.ClH/c26-22(24-13-3-5-17-4-1-2-6-21(17)24)25-19-7-8-20(25)15-18(14-19)16-9-11-23-12-10-16;/h1-2,4,6,9-12,14,19-20H,3,5,7-8,13,15H2;1H. The zero-order valence-corrected chi connectivity index (χ0v) is 16.1. The van der Waals surface area contributed by atoms with Gasteiger partial charge in [-0.15, -0.1) is 12.4 Å². The number of nitrogens with zero attached hydrogens (tertiary/aromatic N) is 3. The Balaban J connectivity index is 0.00000180. The summed E-state index contributed by atoms with van der Waals surface area (Å²) < 4.78 is 0. The molecule has 0 N–H and O–H groups in total. The summed E-state index contributed by atoms with van der Waals surface area (Å²) in [5.74, 6) is 0. The summed E-state index contributed by atoms with van der Waals surface area (Å²) in [6.07, 6.45) is 11.2. The molecule has 3 aliphatic rings. The molecule has 0 saturated carbocycles. The molecule has 140 valence electrons. The van der Waals surface area contributed by atoms with E-state index in [0.29, 0.717) is 6.04 Å². The van der Waals surface area contributed by atoms with Crippen LogP contribution in [0.15, 0.2) is 54.9 Å². The molecule has 1 fully saturated rings. The third-order valence-electron chi connectivity index (χ3n) is 6.01. The van der Waals surface area contributed by atoms with Gasteiger partial charge in [-0.05, 0) is 67.0 Å². The number of anilines is 1. The maximum atomic E-state index is 13.4. The van der Waals surface area contributed by atoms with Gasteiger partial charge in [-0.3, -0.25) is 9.88 Å². The van der Waals surface area contributed by atoms with Crippen LogP contribution in [0.4, 0.5) is 10.5 Å². The number of aryl methyl sites for hydroxylation is 1. The van der Waals surface area contributed by atoms with Gasteiger partial charge in [0.25, 0.3) is 0 Å². The average molecular weight is 382 g/mol. The first-order chi connectivity index (χ1) is 12.8. The maximum Gasteiger partial charge on any atom is 0.325 e. The molecule has 0 spiro atoms. The predicted molar refractivity (Wildman–Crippen MR) is 110 cm³/mol. The van der Waals surface area contributed by atoms with Gasteiger partial charge in [0.2, 0.25) is 0 Å². The minimum Gasteiger partial charge on any atom is -0.315 e. The normalized spacial score (nSPS) is 23.3. The molecule has 2 unspecified atom stereocenters. The summed E-state index contributed by atoms with van der Waals surface area (Å²) in [6, 6.07) is 13.2. The number of halogens is 1. The van der Waals surface area contributed by atoms with E-state index in [0.717, 1.165) is 44.3 Å². The number of urea groups is 1. The Bertz CT molecular complexity index is 867. The second-order valence-corrected chi connectivity index (χ2v) is 7.50. The predicted octanol–water partition coefficient (Wildman–Crippen LogP) is 4.70. The van der Waals surface area contributed by atoms with Crippen LogP contribution >= 0.6 is 12.4 Å². The Morgan fingerprint density at radius 3 is 2.70 bits per heavy atom. The van der Waals surface area contributed by atoms with Crippen LogP contribution in [0.2, 0.25) is 0 Å². The minimum atomic E-state index is 0. The lowest BCUT2D eigenvalue weighted by atomic mass is 9.95. The lowest BCUT2D eigenvalue weighted by molar-refractivity contribution is 0.186. The Hall–Kier alpha value is -2.33. The van der Waals surface area contributed by atoms with Gasteiger partial charge in [-0.2, -0.15) is 0 Å². The molecule has 0 radical (unpaired) electrons. The van der Waals surface area contributed by atoms with Gasteiger partial charge in [-0.25, -0.2) is 4.79 Å². The highest BCUT2D eigenvalue weighted by molar-refractivity contribution is 5.94. The van der Waals surface area contributed by atoms with Crippen LogP contribution in [0, 0.1) is 0 Å². The van der Waals surface area contributed by atoms with E-state index in [-0.39, 0.29) is 24.5 Å². The van der Waals surface area contributed by atoms with Crippen molar-refractivity contribution in [2.24, 2.45) is 0 Å². The Morgan fingerprint density at radius 2 is 1.89 bits per heavy atom. The number of pyridine rings is 1. The number of hydrogen-bond acceptors (Lipinski definition) is 2. The molecular formula is C22H24ClN3O. The number of aromatic nitrogens is 1. The third kappa shape index (κ3) is 3.12. The number of carbonyl (C=O) groups excluding carboxylic acids is 1. The molecule has 1 saturated heterocycles. The van der Waals surface area contributed by atoms with E-state index in [1.54, 1.807) is 0 Å². The van der Waals surface area contributed by atoms with Crippen molar-refractivity contribution in [2.45, 2.75) is 44.2 Å². The summed E-state index contributed by atoms with van der Waals surface area (Å²) in [5.41, 5.74) is 5.01. The topological polar surface area (TPSA) is 36.4 Å². The van der Waals surface area contributed by atoms with Gasteiger partial charge >= 0.3 is 6.03 Å². The summed E-state index contributed by atoms with van der Waals surface area (Å²) in [6.45, 7) is 0.826. The zero-order valence-electron chi connectivity index (χ0n) is 15.3. The number of hydrogen-bond donors (Lipinski definition) is 0. The Morgan fingerprint density at radius 1 is 1.07 bits per heavy atom. The molecule has 0 aliphatic carbocycles. The van der Waals surface area contributed by atoms with Crippen LogP contribution in [0.25, 0.3) is 5.57 Å². The summed E-state index contributed by atoms with van der Waals surface area (Å²) in [5, 5.41) is 0. The quantitative estimate of drug-likeness (QED) is 0.718. The molecule has 2 atom stereocenters. The van der Waals surface area contributed by atoms with Crippen LogP contribution in [0.5, 0.6) is 0 Å². The number of para-hydroxylation sites is 1. The van der Waals surface area contributed by atoms with Crippen LogP contribution in [-0.4, -0.2) is 34.5 Å². The minimum absolute atomic E-state index is 0. The molecule has 1 aromatic heterocycles. The first-order valence-corrected chi connectivity index (χ1v) is 9.60. The summed E-state index contributed by atoms with van der Waals surface area (Å²) in [7, 11) is 0. The van der Waals surface area contributed by atoms with Gasteiger partial charge in [-0.1, -0.05) is 24.3 Å². The molecule has 4 nitrogen and oxygen atoms in total. The fourth-order valence-electron chi connectivity index (χ4n) is 4.78. The van der Waals surface area contributed by atoms with Crippen LogP contribution < -0.4 is 4.90 Å². The van der Waals surface area contributed by atoms with Crippen LogP contribution in [0.3, 0.4) is 0 Å². The molecule has 2 aromatic rings.